The molecule has 2 rings (SSSR count). The maximum Gasteiger partial charge on any atom is 0.131 e. The number of aromatic nitrogens is 1. The molecule has 1 aromatic heterocycles. The first kappa shape index (κ1) is 13.3. The van der Waals surface area contributed by atoms with E-state index in [-0.39, 0.29) is 5.82 Å². The van der Waals surface area contributed by atoms with Gasteiger partial charge in [-0.3, -0.25) is 0 Å². The van der Waals surface area contributed by atoms with Crippen molar-refractivity contribution in [1.82, 2.24) is 4.98 Å². The van der Waals surface area contributed by atoms with Gasteiger partial charge in [0.2, 0.25) is 0 Å². The van der Waals surface area contributed by atoms with Crippen molar-refractivity contribution in [2.75, 3.05) is 24.2 Å². The second kappa shape index (κ2) is 5.69. The van der Waals surface area contributed by atoms with E-state index in [0.29, 0.717) is 5.69 Å². The standard InChI is InChI=1S/C15H18FN3/c1-11-8-14(17)10-18-15(11)19(2)7-6-12-4-3-5-13(16)9-12/h3-5,8-10H,6-7,17H2,1-2H3. The molecular weight excluding hydrogens is 241 g/mol. The number of nitrogens with zero attached hydrogens (tertiary/aromatic N) is 2. The van der Waals surface area contributed by atoms with Gasteiger partial charge in [-0.15, -0.1) is 0 Å². The predicted octanol–water partition coefficient (Wildman–Crippen LogP) is 2.79. The van der Waals surface area contributed by atoms with Crippen molar-refractivity contribution in [3.8, 4) is 0 Å². The van der Waals surface area contributed by atoms with Gasteiger partial charge in [-0.05, 0) is 42.7 Å². The SMILES string of the molecule is Cc1cc(N)cnc1N(C)CCc1cccc(F)c1. The number of benzene rings is 1. The number of hydrogen-bond donors (Lipinski definition) is 1. The summed E-state index contributed by atoms with van der Waals surface area (Å²) in [6.45, 7) is 2.76. The van der Waals surface area contributed by atoms with Crippen molar-refractivity contribution in [1.29, 1.82) is 0 Å². The summed E-state index contributed by atoms with van der Waals surface area (Å²) in [6, 6.07) is 8.59. The topological polar surface area (TPSA) is 42.1 Å². The molecule has 19 heavy (non-hydrogen) atoms. The molecule has 0 unspecified atom stereocenters. The fraction of sp³-hybridized carbons (Fsp3) is 0.267. The Balaban J connectivity index is 2.03. The highest BCUT2D eigenvalue weighted by molar-refractivity contribution is 5.52. The Kier molecular flexibility index (Phi) is 4.00. The zero-order chi connectivity index (χ0) is 13.8. The van der Waals surface area contributed by atoms with Gasteiger partial charge in [-0.1, -0.05) is 12.1 Å². The van der Waals surface area contributed by atoms with Gasteiger partial charge in [0, 0.05) is 13.6 Å². The van der Waals surface area contributed by atoms with Crippen LogP contribution in [0.2, 0.25) is 0 Å². The lowest BCUT2D eigenvalue weighted by molar-refractivity contribution is 0.625. The lowest BCUT2D eigenvalue weighted by Crippen LogP contribution is -2.22. The number of nitrogen functional groups attached to an aromatic ring is 1. The number of likely N-dealkylation sites (N-methyl/N-ethyl adjacent to an activating group) is 1. The van der Waals surface area contributed by atoms with Gasteiger partial charge in [0.25, 0.3) is 0 Å². The van der Waals surface area contributed by atoms with E-state index in [1.54, 1.807) is 18.3 Å². The lowest BCUT2D eigenvalue weighted by atomic mass is 10.1. The van der Waals surface area contributed by atoms with Gasteiger partial charge < -0.3 is 10.6 Å². The Hall–Kier alpha value is -2.10. The third kappa shape index (κ3) is 3.44. The summed E-state index contributed by atoms with van der Waals surface area (Å²) in [5.74, 6) is 0.715. The monoisotopic (exact) mass is 259 g/mol. The zero-order valence-electron chi connectivity index (χ0n) is 11.2. The minimum absolute atomic E-state index is 0.193. The van der Waals surface area contributed by atoms with Crippen LogP contribution in [0, 0.1) is 12.7 Å². The molecule has 100 valence electrons. The number of nitrogens with two attached hydrogens (primary N) is 1. The molecule has 0 amide bonds. The van der Waals surface area contributed by atoms with Gasteiger partial charge in [0.05, 0.1) is 11.9 Å². The third-order valence-electron chi connectivity index (χ3n) is 3.06. The maximum atomic E-state index is 13.1. The molecule has 0 aliphatic heterocycles. The van der Waals surface area contributed by atoms with Crippen LogP contribution in [-0.2, 0) is 6.42 Å². The highest BCUT2D eigenvalue weighted by Gasteiger charge is 2.07. The molecule has 4 heteroatoms. The molecule has 0 spiro atoms. The fourth-order valence-electron chi connectivity index (χ4n) is 2.08. The second-order valence-corrected chi connectivity index (χ2v) is 4.71. The van der Waals surface area contributed by atoms with Crippen molar-refractivity contribution in [3.63, 3.8) is 0 Å². The van der Waals surface area contributed by atoms with Crippen LogP contribution in [0.15, 0.2) is 36.5 Å². The van der Waals surface area contributed by atoms with Crippen LogP contribution < -0.4 is 10.6 Å². The summed E-state index contributed by atoms with van der Waals surface area (Å²) >= 11 is 0. The highest BCUT2D eigenvalue weighted by Crippen LogP contribution is 2.18. The Labute approximate surface area is 112 Å². The van der Waals surface area contributed by atoms with Gasteiger partial charge in [-0.2, -0.15) is 0 Å². The Morgan fingerprint density at radius 3 is 2.79 bits per heavy atom. The minimum Gasteiger partial charge on any atom is -0.397 e. The van der Waals surface area contributed by atoms with Crippen molar-refractivity contribution in [3.05, 3.63) is 53.5 Å². The smallest absolute Gasteiger partial charge is 0.131 e. The van der Waals surface area contributed by atoms with Crippen LogP contribution in [0.3, 0.4) is 0 Å². The van der Waals surface area contributed by atoms with E-state index in [1.807, 2.05) is 26.1 Å². The van der Waals surface area contributed by atoms with E-state index < -0.39 is 0 Å². The molecule has 0 fully saturated rings. The van der Waals surface area contributed by atoms with Crippen LogP contribution in [0.25, 0.3) is 0 Å². The number of halogens is 1. The number of pyridine rings is 1. The van der Waals surface area contributed by atoms with E-state index in [4.69, 9.17) is 5.73 Å². The first-order valence-electron chi connectivity index (χ1n) is 6.24. The summed E-state index contributed by atoms with van der Waals surface area (Å²) in [6.07, 6.45) is 2.43. The van der Waals surface area contributed by atoms with Crippen LogP contribution in [0.5, 0.6) is 0 Å². The lowest BCUT2D eigenvalue weighted by Gasteiger charge is -2.20. The van der Waals surface area contributed by atoms with Crippen molar-refractivity contribution >= 4 is 11.5 Å². The average molecular weight is 259 g/mol. The molecule has 2 aromatic rings. The van der Waals surface area contributed by atoms with E-state index in [0.717, 1.165) is 29.9 Å². The summed E-state index contributed by atoms with van der Waals surface area (Å²) in [5, 5.41) is 0. The number of rotatable bonds is 4. The van der Waals surface area contributed by atoms with E-state index in [9.17, 15) is 4.39 Å². The molecule has 2 N–H and O–H groups in total. The summed E-state index contributed by atoms with van der Waals surface area (Å²) < 4.78 is 13.1. The molecule has 0 atom stereocenters. The molecule has 0 bridgehead atoms. The summed E-state index contributed by atoms with van der Waals surface area (Å²) in [7, 11) is 1.98. The second-order valence-electron chi connectivity index (χ2n) is 4.71. The van der Waals surface area contributed by atoms with Crippen LogP contribution in [0.1, 0.15) is 11.1 Å². The van der Waals surface area contributed by atoms with E-state index in [1.165, 1.54) is 6.07 Å². The summed E-state index contributed by atoms with van der Waals surface area (Å²) in [4.78, 5) is 6.39. The third-order valence-corrected chi connectivity index (χ3v) is 3.06. The van der Waals surface area contributed by atoms with Crippen LogP contribution in [0.4, 0.5) is 15.9 Å². The normalized spacial score (nSPS) is 10.5. The Morgan fingerprint density at radius 1 is 1.32 bits per heavy atom. The Morgan fingerprint density at radius 2 is 2.11 bits per heavy atom. The molecule has 1 heterocycles. The number of anilines is 2. The first-order valence-corrected chi connectivity index (χ1v) is 6.24. The average Bonchev–Trinajstić information content (AvgIpc) is 2.36. The molecule has 0 aliphatic rings. The predicted molar refractivity (Wildman–Crippen MR) is 76.8 cm³/mol. The molecule has 0 saturated carbocycles. The fourth-order valence-corrected chi connectivity index (χ4v) is 2.08. The minimum atomic E-state index is -0.193. The van der Waals surface area contributed by atoms with Gasteiger partial charge in [0.1, 0.15) is 11.6 Å². The van der Waals surface area contributed by atoms with Crippen LogP contribution >= 0.6 is 0 Å². The molecule has 0 radical (unpaired) electrons. The van der Waals surface area contributed by atoms with Crippen LogP contribution in [-0.4, -0.2) is 18.6 Å². The number of aryl methyl sites for hydroxylation is 1. The molecular formula is C15H18FN3. The van der Waals surface area contributed by atoms with E-state index in [2.05, 4.69) is 9.88 Å². The van der Waals surface area contributed by atoms with Crippen molar-refractivity contribution in [2.45, 2.75) is 13.3 Å². The molecule has 1 aromatic carbocycles. The molecule has 3 nitrogen and oxygen atoms in total. The first-order chi connectivity index (χ1) is 9.06. The summed E-state index contributed by atoms with van der Waals surface area (Å²) in [5.41, 5.74) is 8.38. The van der Waals surface area contributed by atoms with Gasteiger partial charge >= 0.3 is 0 Å². The highest BCUT2D eigenvalue weighted by atomic mass is 19.1. The largest absolute Gasteiger partial charge is 0.397 e. The quantitative estimate of drug-likeness (QED) is 0.918. The zero-order valence-corrected chi connectivity index (χ0v) is 11.2. The van der Waals surface area contributed by atoms with Gasteiger partial charge in [0.15, 0.2) is 0 Å². The maximum absolute atomic E-state index is 13.1. The molecule has 0 aliphatic carbocycles. The van der Waals surface area contributed by atoms with E-state index >= 15 is 0 Å². The number of hydrogen-bond acceptors (Lipinski definition) is 3. The van der Waals surface area contributed by atoms with Crippen molar-refractivity contribution in [2.24, 2.45) is 0 Å². The Bertz CT molecular complexity index is 569. The van der Waals surface area contributed by atoms with Gasteiger partial charge in [-0.25, -0.2) is 9.37 Å². The van der Waals surface area contributed by atoms with Crippen molar-refractivity contribution < 1.29 is 4.39 Å². The molecule has 0 saturated heterocycles.